The van der Waals surface area contributed by atoms with Crippen LogP contribution in [0.2, 0.25) is 0 Å². The van der Waals surface area contributed by atoms with E-state index in [0.717, 1.165) is 5.56 Å². The molecule has 0 bridgehead atoms. The van der Waals surface area contributed by atoms with Crippen LogP contribution >= 0.6 is 0 Å². The Hall–Kier alpha value is -1.22. The predicted octanol–water partition coefficient (Wildman–Crippen LogP) is -1.25. The summed E-state index contributed by atoms with van der Waals surface area (Å²) in [6.07, 6.45) is -5.77. The number of aliphatic hydroxyl groups excluding tert-OH is 4. The molecule has 7 nitrogen and oxygen atoms in total. The Kier molecular flexibility index (Phi) is 5.51. The Labute approximate surface area is 122 Å². The fraction of sp³-hybridized carbons (Fsp3) is 0.571. The van der Waals surface area contributed by atoms with Crippen LogP contribution in [-0.4, -0.2) is 69.5 Å². The van der Waals surface area contributed by atoms with E-state index in [1.54, 1.807) is 24.3 Å². The van der Waals surface area contributed by atoms with Crippen LogP contribution in [0.4, 0.5) is 0 Å². The summed E-state index contributed by atoms with van der Waals surface area (Å²) in [5.74, 6) is 0.175. The second-order valence-electron chi connectivity index (χ2n) is 4.98. The van der Waals surface area contributed by atoms with Crippen LogP contribution in [0.5, 0.6) is 5.75 Å². The van der Waals surface area contributed by atoms with E-state index in [4.69, 9.17) is 14.6 Å². The standard InChI is InChI=1S/C14H20O7/c15-7-10-11(17)12(18)13(19)14(21-10)20-6-5-8-1-3-9(16)4-2-8/h1-4,10-19H,5-7H2/t10-,11-,12+,13+,14+/m1/s1. The first-order chi connectivity index (χ1) is 10.0. The van der Waals surface area contributed by atoms with Crippen molar-refractivity contribution < 1.29 is 35.0 Å². The molecule has 21 heavy (non-hydrogen) atoms. The number of aromatic hydroxyl groups is 1. The summed E-state index contributed by atoms with van der Waals surface area (Å²) in [4.78, 5) is 0. The van der Waals surface area contributed by atoms with E-state index in [-0.39, 0.29) is 12.4 Å². The van der Waals surface area contributed by atoms with Gasteiger partial charge in [-0.05, 0) is 24.1 Å². The Balaban J connectivity index is 1.85. The molecule has 1 saturated heterocycles. The number of hydrogen-bond donors (Lipinski definition) is 5. The number of aliphatic hydroxyl groups is 4. The lowest BCUT2D eigenvalue weighted by Gasteiger charge is -2.39. The van der Waals surface area contributed by atoms with Crippen molar-refractivity contribution in [3.05, 3.63) is 29.8 Å². The number of phenols is 1. The van der Waals surface area contributed by atoms with Crippen molar-refractivity contribution in [1.82, 2.24) is 0 Å². The van der Waals surface area contributed by atoms with Gasteiger partial charge in [0.05, 0.1) is 13.2 Å². The molecular formula is C14H20O7. The second-order valence-corrected chi connectivity index (χ2v) is 4.98. The van der Waals surface area contributed by atoms with Crippen LogP contribution in [0.1, 0.15) is 5.56 Å². The average molecular weight is 300 g/mol. The first-order valence-corrected chi connectivity index (χ1v) is 6.73. The topological polar surface area (TPSA) is 120 Å². The fourth-order valence-corrected chi connectivity index (χ4v) is 2.16. The first-order valence-electron chi connectivity index (χ1n) is 6.73. The lowest BCUT2D eigenvalue weighted by Crippen LogP contribution is -2.59. The zero-order chi connectivity index (χ0) is 15.4. The Morgan fingerprint density at radius 1 is 1.00 bits per heavy atom. The molecule has 0 spiro atoms. The van der Waals surface area contributed by atoms with Crippen LogP contribution in [0.3, 0.4) is 0 Å². The zero-order valence-electron chi connectivity index (χ0n) is 11.4. The molecule has 0 unspecified atom stereocenters. The van der Waals surface area contributed by atoms with Gasteiger partial charge in [0.1, 0.15) is 30.2 Å². The molecule has 0 radical (unpaired) electrons. The summed E-state index contributed by atoms with van der Waals surface area (Å²) in [6, 6.07) is 6.60. The molecule has 1 fully saturated rings. The van der Waals surface area contributed by atoms with Gasteiger partial charge < -0.3 is 35.0 Å². The van der Waals surface area contributed by atoms with E-state index in [1.807, 2.05) is 0 Å². The van der Waals surface area contributed by atoms with Crippen molar-refractivity contribution in [2.24, 2.45) is 0 Å². The van der Waals surface area contributed by atoms with Gasteiger partial charge in [0.2, 0.25) is 0 Å². The molecule has 0 saturated carbocycles. The van der Waals surface area contributed by atoms with Gasteiger partial charge in [0, 0.05) is 0 Å². The minimum Gasteiger partial charge on any atom is -0.508 e. The van der Waals surface area contributed by atoms with E-state index in [9.17, 15) is 20.4 Å². The molecule has 5 atom stereocenters. The lowest BCUT2D eigenvalue weighted by molar-refractivity contribution is -0.300. The SMILES string of the molecule is OC[C@H]1O[C@H](OCCc2ccc(O)cc2)[C@@H](O)[C@@H](O)[C@@H]1O. The van der Waals surface area contributed by atoms with E-state index < -0.39 is 37.3 Å². The van der Waals surface area contributed by atoms with Gasteiger partial charge in [-0.15, -0.1) is 0 Å². The average Bonchev–Trinajstić information content (AvgIpc) is 2.49. The van der Waals surface area contributed by atoms with Gasteiger partial charge in [-0.2, -0.15) is 0 Å². The summed E-state index contributed by atoms with van der Waals surface area (Å²) >= 11 is 0. The molecule has 118 valence electrons. The van der Waals surface area contributed by atoms with E-state index in [0.29, 0.717) is 6.42 Å². The van der Waals surface area contributed by atoms with E-state index >= 15 is 0 Å². The summed E-state index contributed by atoms with van der Waals surface area (Å²) in [6.45, 7) is -0.268. The Morgan fingerprint density at radius 2 is 1.67 bits per heavy atom. The molecule has 1 aliphatic rings. The van der Waals surface area contributed by atoms with Crippen LogP contribution in [-0.2, 0) is 15.9 Å². The molecule has 0 amide bonds. The smallest absolute Gasteiger partial charge is 0.186 e. The van der Waals surface area contributed by atoms with Gasteiger partial charge in [-0.1, -0.05) is 12.1 Å². The van der Waals surface area contributed by atoms with Crippen LogP contribution in [0.15, 0.2) is 24.3 Å². The van der Waals surface area contributed by atoms with E-state index in [1.165, 1.54) is 0 Å². The van der Waals surface area contributed by atoms with Crippen molar-refractivity contribution in [2.45, 2.75) is 37.1 Å². The molecule has 1 heterocycles. The molecule has 1 aliphatic heterocycles. The Bertz CT molecular complexity index is 433. The van der Waals surface area contributed by atoms with Crippen molar-refractivity contribution in [1.29, 1.82) is 0 Å². The van der Waals surface area contributed by atoms with Crippen LogP contribution < -0.4 is 0 Å². The van der Waals surface area contributed by atoms with Crippen molar-refractivity contribution in [2.75, 3.05) is 13.2 Å². The molecule has 1 aromatic rings. The number of ether oxygens (including phenoxy) is 2. The molecule has 7 heteroatoms. The molecule has 0 aliphatic carbocycles. The van der Waals surface area contributed by atoms with Crippen LogP contribution in [0.25, 0.3) is 0 Å². The number of benzene rings is 1. The zero-order valence-corrected chi connectivity index (χ0v) is 11.4. The highest BCUT2D eigenvalue weighted by Crippen LogP contribution is 2.22. The normalized spacial score (nSPS) is 33.0. The van der Waals surface area contributed by atoms with Gasteiger partial charge in [-0.25, -0.2) is 0 Å². The summed E-state index contributed by atoms with van der Waals surface area (Å²) in [7, 11) is 0. The number of rotatable bonds is 5. The monoisotopic (exact) mass is 300 g/mol. The van der Waals surface area contributed by atoms with Gasteiger partial charge >= 0.3 is 0 Å². The molecule has 0 aromatic heterocycles. The Morgan fingerprint density at radius 3 is 2.29 bits per heavy atom. The second kappa shape index (κ2) is 7.17. The highest BCUT2D eigenvalue weighted by molar-refractivity contribution is 5.25. The third kappa shape index (κ3) is 3.91. The first kappa shape index (κ1) is 16.2. The minimum atomic E-state index is -1.44. The maximum absolute atomic E-state index is 9.78. The van der Waals surface area contributed by atoms with Gasteiger partial charge in [0.15, 0.2) is 6.29 Å². The lowest BCUT2D eigenvalue weighted by atomic mass is 9.99. The third-order valence-electron chi connectivity index (χ3n) is 3.46. The minimum absolute atomic E-state index is 0.175. The summed E-state index contributed by atoms with van der Waals surface area (Å²) in [5.41, 5.74) is 0.928. The molecule has 5 N–H and O–H groups in total. The van der Waals surface area contributed by atoms with Crippen molar-refractivity contribution in [3.8, 4) is 5.75 Å². The largest absolute Gasteiger partial charge is 0.508 e. The van der Waals surface area contributed by atoms with Gasteiger partial charge in [-0.3, -0.25) is 0 Å². The highest BCUT2D eigenvalue weighted by Gasteiger charge is 2.43. The highest BCUT2D eigenvalue weighted by atomic mass is 16.7. The number of phenolic OH excluding ortho intramolecular Hbond substituents is 1. The molecule has 2 rings (SSSR count). The summed E-state index contributed by atoms with van der Waals surface area (Å²) in [5, 5.41) is 47.3. The molecule has 1 aromatic carbocycles. The fourth-order valence-electron chi connectivity index (χ4n) is 2.16. The van der Waals surface area contributed by atoms with Gasteiger partial charge in [0.25, 0.3) is 0 Å². The third-order valence-corrected chi connectivity index (χ3v) is 3.46. The number of hydrogen-bond acceptors (Lipinski definition) is 7. The molecular weight excluding hydrogens is 280 g/mol. The van der Waals surface area contributed by atoms with Crippen molar-refractivity contribution >= 4 is 0 Å². The maximum Gasteiger partial charge on any atom is 0.186 e. The quantitative estimate of drug-likeness (QED) is 0.461. The summed E-state index contributed by atoms with van der Waals surface area (Å²) < 4.78 is 10.6. The maximum atomic E-state index is 9.78. The predicted molar refractivity (Wildman–Crippen MR) is 71.5 cm³/mol. The van der Waals surface area contributed by atoms with E-state index in [2.05, 4.69) is 0 Å². The van der Waals surface area contributed by atoms with Crippen molar-refractivity contribution in [3.63, 3.8) is 0 Å². The van der Waals surface area contributed by atoms with Crippen LogP contribution in [0, 0.1) is 0 Å².